The SMILES string of the molecule is c1ccc(-c2cc(-c3ccc(-c4ccc(-c5cccc6sc7ccccc7c56)c5oc6ccccc6c45)cc3)nc(-c3ccc(-c4ccccn4)cc3)n2)cc1. The van der Waals surface area contributed by atoms with Gasteiger partial charge in [0.15, 0.2) is 5.82 Å². The molecule has 0 spiro atoms. The quantitative estimate of drug-likeness (QED) is 0.171. The van der Waals surface area contributed by atoms with Gasteiger partial charge in [-0.3, -0.25) is 4.98 Å². The van der Waals surface area contributed by atoms with Crippen LogP contribution < -0.4 is 0 Å². The third-order valence-corrected chi connectivity index (χ3v) is 11.7. The van der Waals surface area contributed by atoms with Crippen LogP contribution in [0.2, 0.25) is 0 Å². The van der Waals surface area contributed by atoms with Crippen LogP contribution in [0.5, 0.6) is 0 Å². The molecule has 11 rings (SSSR count). The molecule has 0 N–H and O–H groups in total. The first kappa shape index (κ1) is 32.2. The van der Waals surface area contributed by atoms with Crippen molar-refractivity contribution in [1.82, 2.24) is 15.0 Å². The number of hydrogen-bond donors (Lipinski definition) is 0. The minimum Gasteiger partial charge on any atom is -0.455 e. The Morgan fingerprint density at radius 2 is 1.02 bits per heavy atom. The molecule has 11 aromatic rings. The average molecular weight is 734 g/mol. The van der Waals surface area contributed by atoms with Gasteiger partial charge in [0.1, 0.15) is 11.2 Å². The van der Waals surface area contributed by atoms with Crippen molar-refractivity contribution in [1.29, 1.82) is 0 Å². The summed E-state index contributed by atoms with van der Waals surface area (Å²) in [5, 5.41) is 4.77. The van der Waals surface area contributed by atoms with Gasteiger partial charge < -0.3 is 4.42 Å². The molecular weight excluding hydrogens is 703 g/mol. The van der Waals surface area contributed by atoms with E-state index in [0.717, 1.165) is 78.0 Å². The minimum absolute atomic E-state index is 0.675. The number of aromatic nitrogens is 3. The molecule has 0 aliphatic carbocycles. The van der Waals surface area contributed by atoms with Crippen LogP contribution >= 0.6 is 11.3 Å². The van der Waals surface area contributed by atoms with Gasteiger partial charge in [-0.15, -0.1) is 11.3 Å². The molecule has 5 heteroatoms. The Bertz CT molecular complexity index is 3220. The molecule has 56 heavy (non-hydrogen) atoms. The maximum absolute atomic E-state index is 6.76. The van der Waals surface area contributed by atoms with E-state index in [2.05, 4.69) is 145 Å². The van der Waals surface area contributed by atoms with Crippen molar-refractivity contribution in [3.8, 4) is 67.4 Å². The zero-order chi connectivity index (χ0) is 37.0. The zero-order valence-electron chi connectivity index (χ0n) is 30.1. The van der Waals surface area contributed by atoms with Crippen LogP contribution in [0.1, 0.15) is 0 Å². The molecule has 0 aliphatic heterocycles. The van der Waals surface area contributed by atoms with Crippen molar-refractivity contribution in [3.05, 3.63) is 188 Å². The lowest BCUT2D eigenvalue weighted by atomic mass is 9.92. The van der Waals surface area contributed by atoms with Gasteiger partial charge in [0, 0.05) is 65.0 Å². The van der Waals surface area contributed by atoms with Crippen LogP contribution in [-0.2, 0) is 0 Å². The first-order valence-electron chi connectivity index (χ1n) is 18.7. The Morgan fingerprint density at radius 3 is 1.80 bits per heavy atom. The van der Waals surface area contributed by atoms with Gasteiger partial charge in [-0.25, -0.2) is 9.97 Å². The standard InChI is InChI=1S/C51H31N3OS/c1-2-11-33(12-3-1)43-31-44(54-51(53-43)36-26-24-34(25-27-36)42-16-8-9-30-52-42)35-22-20-32(21-23-35)37-28-29-39(50-49(37)40-13-4-6-17-45(40)55-50)38-15-10-19-47-48(38)41-14-5-7-18-46(41)56-47/h1-31H. The highest BCUT2D eigenvalue weighted by Crippen LogP contribution is 2.46. The maximum atomic E-state index is 6.76. The number of benzene rings is 7. The molecule has 7 aromatic carbocycles. The van der Waals surface area contributed by atoms with E-state index in [4.69, 9.17) is 14.4 Å². The Labute approximate surface area is 327 Å². The Balaban J connectivity index is 1.03. The number of thiophene rings is 1. The van der Waals surface area contributed by atoms with Crippen molar-refractivity contribution in [2.75, 3.05) is 0 Å². The van der Waals surface area contributed by atoms with E-state index in [0.29, 0.717) is 5.82 Å². The highest BCUT2D eigenvalue weighted by molar-refractivity contribution is 7.25. The first-order valence-corrected chi connectivity index (χ1v) is 19.5. The highest BCUT2D eigenvalue weighted by atomic mass is 32.1. The Kier molecular flexibility index (Phi) is 7.64. The van der Waals surface area contributed by atoms with Gasteiger partial charge in [0.2, 0.25) is 0 Å². The molecule has 0 aliphatic rings. The lowest BCUT2D eigenvalue weighted by Crippen LogP contribution is -1.96. The van der Waals surface area contributed by atoms with Crippen LogP contribution in [0, 0.1) is 0 Å². The maximum Gasteiger partial charge on any atom is 0.160 e. The summed E-state index contributed by atoms with van der Waals surface area (Å²) >= 11 is 1.84. The number of hydrogen-bond acceptors (Lipinski definition) is 5. The molecule has 0 radical (unpaired) electrons. The number of furan rings is 1. The summed E-state index contributed by atoms with van der Waals surface area (Å²) in [5.41, 5.74) is 13.0. The van der Waals surface area contributed by atoms with Crippen LogP contribution in [0.25, 0.3) is 110 Å². The third kappa shape index (κ3) is 5.48. The van der Waals surface area contributed by atoms with Crippen molar-refractivity contribution < 1.29 is 4.42 Å². The molecule has 0 bridgehead atoms. The third-order valence-electron chi connectivity index (χ3n) is 10.6. The minimum atomic E-state index is 0.675. The normalized spacial score (nSPS) is 11.6. The van der Waals surface area contributed by atoms with Gasteiger partial charge in [-0.2, -0.15) is 0 Å². The number of pyridine rings is 1. The van der Waals surface area contributed by atoms with E-state index < -0.39 is 0 Å². The van der Waals surface area contributed by atoms with Crippen molar-refractivity contribution >= 4 is 53.4 Å². The zero-order valence-corrected chi connectivity index (χ0v) is 30.9. The largest absolute Gasteiger partial charge is 0.455 e. The summed E-state index contributed by atoms with van der Waals surface area (Å²) < 4.78 is 9.32. The monoisotopic (exact) mass is 733 g/mol. The lowest BCUT2D eigenvalue weighted by Gasteiger charge is -2.12. The second-order valence-corrected chi connectivity index (χ2v) is 15.0. The fourth-order valence-corrected chi connectivity index (χ4v) is 9.04. The molecule has 0 fully saturated rings. The van der Waals surface area contributed by atoms with E-state index in [9.17, 15) is 0 Å². The van der Waals surface area contributed by atoms with Crippen molar-refractivity contribution in [3.63, 3.8) is 0 Å². The van der Waals surface area contributed by atoms with E-state index in [1.807, 2.05) is 60.0 Å². The lowest BCUT2D eigenvalue weighted by molar-refractivity contribution is 0.670. The summed E-state index contributed by atoms with van der Waals surface area (Å²) in [7, 11) is 0. The highest BCUT2D eigenvalue weighted by Gasteiger charge is 2.20. The van der Waals surface area contributed by atoms with Gasteiger partial charge in [-0.1, -0.05) is 140 Å². The van der Waals surface area contributed by atoms with E-state index in [-0.39, 0.29) is 0 Å². The van der Waals surface area contributed by atoms with Crippen LogP contribution in [0.15, 0.2) is 193 Å². The van der Waals surface area contributed by atoms with Gasteiger partial charge in [0.05, 0.1) is 17.1 Å². The molecule has 4 heterocycles. The average Bonchev–Trinajstić information content (AvgIpc) is 3.86. The predicted molar refractivity (Wildman–Crippen MR) is 233 cm³/mol. The molecule has 0 amide bonds. The topological polar surface area (TPSA) is 51.8 Å². The van der Waals surface area contributed by atoms with Crippen LogP contribution in [-0.4, -0.2) is 15.0 Å². The van der Waals surface area contributed by atoms with E-state index in [1.54, 1.807) is 0 Å². The Hall–Kier alpha value is -7.21. The van der Waals surface area contributed by atoms with Crippen LogP contribution in [0.4, 0.5) is 0 Å². The molecule has 262 valence electrons. The molecular formula is C51H31N3OS. The summed E-state index contributed by atoms with van der Waals surface area (Å²) in [6, 6.07) is 63.5. The predicted octanol–water partition coefficient (Wildman–Crippen LogP) is 14.1. The van der Waals surface area contributed by atoms with Gasteiger partial charge in [-0.05, 0) is 59.2 Å². The van der Waals surface area contributed by atoms with Crippen molar-refractivity contribution in [2.24, 2.45) is 0 Å². The number of rotatable bonds is 6. The van der Waals surface area contributed by atoms with Crippen LogP contribution in [0.3, 0.4) is 0 Å². The summed E-state index contributed by atoms with van der Waals surface area (Å²) in [6.07, 6.45) is 1.82. The summed E-state index contributed by atoms with van der Waals surface area (Å²) in [4.78, 5) is 14.7. The molecule has 4 nitrogen and oxygen atoms in total. The van der Waals surface area contributed by atoms with Gasteiger partial charge >= 0.3 is 0 Å². The molecule has 0 atom stereocenters. The summed E-state index contributed by atoms with van der Waals surface area (Å²) in [5.74, 6) is 0.675. The second-order valence-electron chi connectivity index (χ2n) is 13.9. The number of para-hydroxylation sites is 1. The van der Waals surface area contributed by atoms with E-state index in [1.165, 1.54) is 25.7 Å². The second kappa shape index (κ2) is 13.3. The van der Waals surface area contributed by atoms with Gasteiger partial charge in [0.25, 0.3) is 0 Å². The molecule has 0 saturated heterocycles. The number of fused-ring (bicyclic) bond motifs is 6. The smallest absolute Gasteiger partial charge is 0.160 e. The summed E-state index contributed by atoms with van der Waals surface area (Å²) in [6.45, 7) is 0. The molecule has 4 aromatic heterocycles. The van der Waals surface area contributed by atoms with Crippen molar-refractivity contribution in [2.45, 2.75) is 0 Å². The fourth-order valence-electron chi connectivity index (χ4n) is 7.91. The fraction of sp³-hybridized carbons (Fsp3) is 0. The Morgan fingerprint density at radius 1 is 0.393 bits per heavy atom. The first-order chi connectivity index (χ1) is 27.7. The molecule has 0 saturated carbocycles. The molecule has 0 unspecified atom stereocenters. The van der Waals surface area contributed by atoms with E-state index >= 15 is 0 Å². The number of nitrogens with zero attached hydrogens (tertiary/aromatic N) is 3.